The van der Waals surface area contributed by atoms with Gasteiger partial charge in [-0.3, -0.25) is 14.7 Å². The van der Waals surface area contributed by atoms with E-state index in [0.29, 0.717) is 52.4 Å². The van der Waals surface area contributed by atoms with Crippen LogP contribution in [0.15, 0.2) is 28.8 Å². The first-order valence-electron chi connectivity index (χ1n) is 12.9. The third-order valence-corrected chi connectivity index (χ3v) is 7.51. The number of hydrogen-bond donors (Lipinski definition) is 0. The van der Waals surface area contributed by atoms with Gasteiger partial charge < -0.3 is 18.9 Å². The number of carbonyl (C=O) groups is 1. The van der Waals surface area contributed by atoms with Crippen molar-refractivity contribution in [3.63, 3.8) is 0 Å². The Morgan fingerprint density at radius 3 is 2.82 bits per heavy atom. The van der Waals surface area contributed by atoms with Crippen molar-refractivity contribution in [3.8, 4) is 23.1 Å². The maximum Gasteiger partial charge on any atom is 0.275 e. The lowest BCUT2D eigenvalue weighted by molar-refractivity contribution is -0.140. The van der Waals surface area contributed by atoms with Crippen LogP contribution in [0.5, 0.6) is 11.6 Å². The number of carbonyl (C=O) groups excluding carboxylic acids is 1. The van der Waals surface area contributed by atoms with Crippen LogP contribution >= 0.6 is 0 Å². The Labute approximate surface area is 218 Å². The molecule has 4 aromatic rings. The third kappa shape index (κ3) is 4.14. The van der Waals surface area contributed by atoms with Crippen molar-refractivity contribution in [2.45, 2.75) is 45.4 Å². The second kappa shape index (κ2) is 9.05. The summed E-state index contributed by atoms with van der Waals surface area (Å²) in [7, 11) is 1.56. The molecule has 6 heterocycles. The number of likely N-dealkylation sites (tertiary alicyclic amines) is 1. The highest BCUT2D eigenvalue weighted by molar-refractivity contribution is 5.81. The first-order chi connectivity index (χ1) is 18.6. The molecule has 1 saturated heterocycles. The Bertz CT molecular complexity index is 1520. The van der Waals surface area contributed by atoms with E-state index in [0.717, 1.165) is 56.8 Å². The highest BCUT2D eigenvalue weighted by Gasteiger charge is 2.41. The molecule has 0 atom stereocenters. The summed E-state index contributed by atoms with van der Waals surface area (Å²) >= 11 is 0. The van der Waals surface area contributed by atoms with Gasteiger partial charge >= 0.3 is 0 Å². The molecule has 3 aliphatic rings. The van der Waals surface area contributed by atoms with E-state index in [4.69, 9.17) is 19.0 Å². The van der Waals surface area contributed by atoms with Crippen LogP contribution in [0.3, 0.4) is 0 Å². The zero-order valence-corrected chi connectivity index (χ0v) is 21.3. The summed E-state index contributed by atoms with van der Waals surface area (Å²) in [5, 5.41) is 17.0. The molecule has 7 rings (SSSR count). The second-order valence-electron chi connectivity index (χ2n) is 10.2. The number of ether oxygens (including phenoxy) is 2. The number of pyridine rings is 1. The number of aryl methyl sites for hydroxylation is 1. The highest BCUT2D eigenvalue weighted by atomic mass is 16.5. The smallest absolute Gasteiger partial charge is 0.275 e. The monoisotopic (exact) mass is 516 g/mol. The summed E-state index contributed by atoms with van der Waals surface area (Å²) in [6, 6.07) is 8.08. The van der Waals surface area contributed by atoms with Crippen LogP contribution in [0.4, 0.5) is 0 Å². The van der Waals surface area contributed by atoms with Crippen LogP contribution in [0.2, 0.25) is 0 Å². The second-order valence-corrected chi connectivity index (χ2v) is 10.2. The molecule has 2 aliphatic heterocycles. The fourth-order valence-corrected chi connectivity index (χ4v) is 5.15. The van der Waals surface area contributed by atoms with E-state index in [9.17, 15) is 4.79 Å². The van der Waals surface area contributed by atoms with Crippen molar-refractivity contribution in [2.75, 3.05) is 26.7 Å². The maximum atomic E-state index is 12.2. The summed E-state index contributed by atoms with van der Waals surface area (Å²) in [5.41, 5.74) is 4.20. The SMILES string of the molecule is COc1cc2nnc(-c3cc(C)on3)n2nc1OCc1ccc2c(n1)CCN(C1CN(C(=O)C3CC3)C1)C2. The van der Waals surface area contributed by atoms with E-state index in [1.807, 2.05) is 17.9 Å². The molecule has 0 N–H and O–H groups in total. The number of fused-ring (bicyclic) bond motifs is 2. The Morgan fingerprint density at radius 1 is 1.18 bits per heavy atom. The molecule has 1 amide bonds. The average Bonchev–Trinajstić information content (AvgIpc) is 3.55. The molecular formula is C26H28N8O4. The van der Waals surface area contributed by atoms with Crippen LogP contribution < -0.4 is 9.47 Å². The van der Waals surface area contributed by atoms with Crippen molar-refractivity contribution in [3.05, 3.63) is 47.0 Å². The molecule has 2 fully saturated rings. The minimum atomic E-state index is 0.243. The third-order valence-electron chi connectivity index (χ3n) is 7.51. The average molecular weight is 517 g/mol. The van der Waals surface area contributed by atoms with Crippen LogP contribution in [-0.4, -0.2) is 78.4 Å². The summed E-state index contributed by atoms with van der Waals surface area (Å²) in [4.78, 5) is 21.6. The van der Waals surface area contributed by atoms with Gasteiger partial charge in [-0.2, -0.15) is 4.52 Å². The molecule has 12 nitrogen and oxygen atoms in total. The molecule has 0 spiro atoms. The number of rotatable bonds is 7. The number of methoxy groups -OCH3 is 1. The van der Waals surface area contributed by atoms with E-state index < -0.39 is 0 Å². The standard InChI is InChI=1S/C26H28N8O4/c1-15-9-21(31-38-15)24-29-28-23-10-22(36-2)25(30-34(23)24)37-14-18-6-5-17-11-32(8-7-20(17)27-18)19-12-33(13-19)26(35)16-3-4-16/h5-6,9-10,16,19H,3-4,7-8,11-14H2,1-2H3. The summed E-state index contributed by atoms with van der Waals surface area (Å²) < 4.78 is 18.3. The lowest BCUT2D eigenvalue weighted by Crippen LogP contribution is -2.62. The lowest BCUT2D eigenvalue weighted by Gasteiger charge is -2.47. The number of nitrogens with zero attached hydrogens (tertiary/aromatic N) is 8. The fraction of sp³-hybridized carbons (Fsp3) is 0.462. The molecule has 0 unspecified atom stereocenters. The van der Waals surface area contributed by atoms with Gasteiger partial charge in [0.25, 0.3) is 5.88 Å². The Kier molecular flexibility index (Phi) is 5.50. The van der Waals surface area contributed by atoms with Crippen molar-refractivity contribution in [1.82, 2.24) is 39.8 Å². The van der Waals surface area contributed by atoms with Crippen molar-refractivity contribution in [1.29, 1.82) is 0 Å². The van der Waals surface area contributed by atoms with Crippen LogP contribution in [0, 0.1) is 12.8 Å². The van der Waals surface area contributed by atoms with E-state index >= 15 is 0 Å². The minimum absolute atomic E-state index is 0.243. The van der Waals surface area contributed by atoms with Gasteiger partial charge in [0.2, 0.25) is 11.7 Å². The Hall–Kier alpha value is -4.06. The highest BCUT2D eigenvalue weighted by Crippen LogP contribution is 2.34. The van der Waals surface area contributed by atoms with Gasteiger partial charge in [0.05, 0.1) is 12.8 Å². The molecule has 38 heavy (non-hydrogen) atoms. The van der Waals surface area contributed by atoms with Gasteiger partial charge in [0.15, 0.2) is 17.1 Å². The van der Waals surface area contributed by atoms with E-state index in [-0.39, 0.29) is 6.61 Å². The molecule has 196 valence electrons. The lowest BCUT2D eigenvalue weighted by atomic mass is 9.99. The topological polar surface area (TPSA) is 124 Å². The molecule has 12 heteroatoms. The first kappa shape index (κ1) is 23.1. The van der Waals surface area contributed by atoms with E-state index in [1.54, 1.807) is 23.8 Å². The van der Waals surface area contributed by atoms with Crippen molar-refractivity contribution < 1.29 is 18.8 Å². The van der Waals surface area contributed by atoms with Gasteiger partial charge in [0.1, 0.15) is 12.4 Å². The van der Waals surface area contributed by atoms with Crippen LogP contribution in [-0.2, 0) is 24.4 Å². The maximum absolute atomic E-state index is 12.2. The molecule has 0 bridgehead atoms. The molecule has 0 aromatic carbocycles. The van der Waals surface area contributed by atoms with Gasteiger partial charge in [-0.25, -0.2) is 0 Å². The Morgan fingerprint density at radius 2 is 2.05 bits per heavy atom. The molecule has 0 radical (unpaired) electrons. The Balaban J connectivity index is 1.03. The summed E-state index contributed by atoms with van der Waals surface area (Å²) in [5.74, 6) is 2.53. The van der Waals surface area contributed by atoms with Gasteiger partial charge in [-0.05, 0) is 31.4 Å². The van der Waals surface area contributed by atoms with Crippen molar-refractivity contribution in [2.24, 2.45) is 5.92 Å². The number of aromatic nitrogens is 6. The van der Waals surface area contributed by atoms with Crippen LogP contribution in [0.1, 0.15) is 35.6 Å². The van der Waals surface area contributed by atoms with Gasteiger partial charge in [0, 0.05) is 62.4 Å². The molecular weight excluding hydrogens is 488 g/mol. The molecule has 4 aromatic heterocycles. The summed E-state index contributed by atoms with van der Waals surface area (Å²) in [6.07, 6.45) is 3.01. The normalized spacial score (nSPS) is 17.9. The number of hydrogen-bond acceptors (Lipinski definition) is 10. The van der Waals surface area contributed by atoms with Gasteiger partial charge in [-0.15, -0.1) is 15.3 Å². The number of amides is 1. The quantitative estimate of drug-likeness (QED) is 0.360. The largest absolute Gasteiger partial charge is 0.491 e. The van der Waals surface area contributed by atoms with E-state index in [1.165, 1.54) is 5.56 Å². The first-order valence-corrected chi connectivity index (χ1v) is 12.9. The van der Waals surface area contributed by atoms with E-state index in [2.05, 4.69) is 31.4 Å². The molecule has 1 aliphatic carbocycles. The predicted octanol–water partition coefficient (Wildman–Crippen LogP) is 2.05. The zero-order chi connectivity index (χ0) is 25.8. The van der Waals surface area contributed by atoms with Gasteiger partial charge in [-0.1, -0.05) is 11.2 Å². The minimum Gasteiger partial charge on any atom is -0.491 e. The fourth-order valence-electron chi connectivity index (χ4n) is 5.15. The zero-order valence-electron chi connectivity index (χ0n) is 21.3. The predicted molar refractivity (Wildman–Crippen MR) is 133 cm³/mol. The van der Waals surface area contributed by atoms with Crippen LogP contribution in [0.25, 0.3) is 17.2 Å². The molecule has 1 saturated carbocycles. The van der Waals surface area contributed by atoms with Crippen molar-refractivity contribution >= 4 is 11.6 Å². The summed E-state index contributed by atoms with van der Waals surface area (Å²) in [6.45, 7) is 5.58.